The third kappa shape index (κ3) is 4.47. The Kier molecular flexibility index (Phi) is 6.02. The van der Waals surface area contributed by atoms with Crippen LogP contribution in [0.25, 0.3) is 0 Å². The number of ether oxygens (including phenoxy) is 2. The number of fused-ring (bicyclic) bond motifs is 1. The monoisotopic (exact) mass is 361 g/mol. The van der Waals surface area contributed by atoms with Gasteiger partial charge in [-0.05, 0) is 52.9 Å². The third-order valence-electron chi connectivity index (χ3n) is 4.68. The zero-order valence-electron chi connectivity index (χ0n) is 15.7. The maximum absolute atomic E-state index is 6.26. The van der Waals surface area contributed by atoms with Crippen LogP contribution in [0.5, 0.6) is 11.5 Å². The van der Waals surface area contributed by atoms with Crippen LogP contribution in [0.4, 0.5) is 0 Å². The van der Waals surface area contributed by atoms with Crippen LogP contribution in [0.2, 0.25) is 0 Å². The van der Waals surface area contributed by atoms with E-state index in [1.54, 1.807) is 0 Å². The molecule has 1 aliphatic heterocycles. The fourth-order valence-corrected chi connectivity index (χ4v) is 3.19. The zero-order chi connectivity index (χ0) is 17.3. The third-order valence-corrected chi connectivity index (χ3v) is 4.68. The molecule has 0 bridgehead atoms. The number of rotatable bonds is 4. The van der Waals surface area contributed by atoms with E-state index >= 15 is 0 Å². The van der Waals surface area contributed by atoms with E-state index in [1.165, 1.54) is 11.1 Å². The van der Waals surface area contributed by atoms with Crippen molar-refractivity contribution in [2.24, 2.45) is 0 Å². The van der Waals surface area contributed by atoms with E-state index in [2.05, 4.69) is 56.3 Å². The summed E-state index contributed by atoms with van der Waals surface area (Å²) in [5.74, 6) is 2.13. The van der Waals surface area contributed by atoms with E-state index in [0.717, 1.165) is 17.9 Å². The highest BCUT2D eigenvalue weighted by Gasteiger charge is 2.34. The van der Waals surface area contributed by atoms with Gasteiger partial charge < -0.3 is 9.47 Å². The van der Waals surface area contributed by atoms with Gasteiger partial charge >= 0.3 is 0 Å². The molecule has 3 nitrogen and oxygen atoms in total. The summed E-state index contributed by atoms with van der Waals surface area (Å²) in [6.07, 6.45) is 0.989. The SMILES string of the molecule is CC(Oc1ccc2c(c1)OC(C)(C)CC2c1ccccc1)N(C)C.Cl. The first-order valence-electron chi connectivity index (χ1n) is 8.57. The van der Waals surface area contributed by atoms with Gasteiger partial charge in [0.1, 0.15) is 23.3 Å². The van der Waals surface area contributed by atoms with Crippen LogP contribution < -0.4 is 9.47 Å². The molecule has 3 rings (SSSR count). The summed E-state index contributed by atoms with van der Waals surface area (Å²) < 4.78 is 12.3. The number of hydrogen-bond donors (Lipinski definition) is 0. The average Bonchev–Trinajstić information content (AvgIpc) is 2.53. The van der Waals surface area contributed by atoms with Gasteiger partial charge in [-0.25, -0.2) is 0 Å². The molecule has 0 amide bonds. The highest BCUT2D eigenvalue weighted by Crippen LogP contribution is 2.45. The summed E-state index contributed by atoms with van der Waals surface area (Å²) in [4.78, 5) is 2.04. The maximum Gasteiger partial charge on any atom is 0.149 e. The first-order chi connectivity index (χ1) is 11.4. The average molecular weight is 362 g/mol. The van der Waals surface area contributed by atoms with Crippen molar-refractivity contribution < 1.29 is 9.47 Å². The molecule has 0 saturated heterocycles. The number of halogens is 1. The molecule has 2 aromatic rings. The minimum Gasteiger partial charge on any atom is -0.487 e. The summed E-state index contributed by atoms with van der Waals surface area (Å²) in [5.41, 5.74) is 2.38. The fraction of sp³-hybridized carbons (Fsp3) is 0.429. The van der Waals surface area contributed by atoms with E-state index in [-0.39, 0.29) is 24.2 Å². The Balaban J connectivity index is 0.00000225. The van der Waals surface area contributed by atoms with Crippen molar-refractivity contribution in [2.75, 3.05) is 14.1 Å². The second-order valence-corrected chi connectivity index (χ2v) is 7.41. The van der Waals surface area contributed by atoms with Gasteiger partial charge in [0.2, 0.25) is 0 Å². The van der Waals surface area contributed by atoms with Gasteiger partial charge in [0.15, 0.2) is 0 Å². The van der Waals surface area contributed by atoms with Gasteiger partial charge in [-0.1, -0.05) is 36.4 Å². The summed E-state index contributed by atoms with van der Waals surface area (Å²) in [7, 11) is 4.02. The van der Waals surface area contributed by atoms with E-state index in [1.807, 2.05) is 32.0 Å². The smallest absolute Gasteiger partial charge is 0.149 e. The predicted molar refractivity (Wildman–Crippen MR) is 105 cm³/mol. The molecule has 136 valence electrons. The first kappa shape index (κ1) is 19.6. The Hall–Kier alpha value is -1.71. The summed E-state index contributed by atoms with van der Waals surface area (Å²) in [6.45, 7) is 6.35. The molecule has 0 fully saturated rings. The van der Waals surface area contributed by atoms with Crippen LogP contribution >= 0.6 is 12.4 Å². The van der Waals surface area contributed by atoms with Crippen molar-refractivity contribution in [1.29, 1.82) is 0 Å². The van der Waals surface area contributed by atoms with Crippen molar-refractivity contribution in [3.05, 3.63) is 59.7 Å². The second-order valence-electron chi connectivity index (χ2n) is 7.41. The van der Waals surface area contributed by atoms with Crippen LogP contribution in [-0.4, -0.2) is 30.8 Å². The molecule has 2 unspecified atom stereocenters. The molecule has 1 aliphatic rings. The lowest BCUT2D eigenvalue weighted by Crippen LogP contribution is -2.35. The Bertz CT molecular complexity index is 700. The van der Waals surface area contributed by atoms with Gasteiger partial charge in [-0.3, -0.25) is 4.90 Å². The minimum absolute atomic E-state index is 0. The van der Waals surface area contributed by atoms with Gasteiger partial charge in [-0.2, -0.15) is 0 Å². The highest BCUT2D eigenvalue weighted by atomic mass is 35.5. The summed E-state index contributed by atoms with van der Waals surface area (Å²) in [6, 6.07) is 16.9. The lowest BCUT2D eigenvalue weighted by Gasteiger charge is -2.38. The van der Waals surface area contributed by atoms with E-state index < -0.39 is 0 Å². The maximum atomic E-state index is 6.26. The van der Waals surface area contributed by atoms with Gasteiger partial charge in [0.05, 0.1) is 0 Å². The molecule has 0 spiro atoms. The highest BCUT2D eigenvalue weighted by molar-refractivity contribution is 5.85. The quantitative estimate of drug-likeness (QED) is 0.708. The number of nitrogens with zero attached hydrogens (tertiary/aromatic N) is 1. The van der Waals surface area contributed by atoms with Gasteiger partial charge in [0, 0.05) is 17.5 Å². The van der Waals surface area contributed by atoms with Crippen LogP contribution in [-0.2, 0) is 0 Å². The lowest BCUT2D eigenvalue weighted by atomic mass is 9.80. The zero-order valence-corrected chi connectivity index (χ0v) is 16.5. The molecule has 4 heteroatoms. The number of hydrogen-bond acceptors (Lipinski definition) is 3. The van der Waals surface area contributed by atoms with Crippen molar-refractivity contribution in [3.63, 3.8) is 0 Å². The fourth-order valence-electron chi connectivity index (χ4n) is 3.19. The Morgan fingerprint density at radius 3 is 2.44 bits per heavy atom. The summed E-state index contributed by atoms with van der Waals surface area (Å²) >= 11 is 0. The van der Waals surface area contributed by atoms with Crippen LogP contribution in [0.15, 0.2) is 48.5 Å². The van der Waals surface area contributed by atoms with E-state index in [4.69, 9.17) is 9.47 Å². The molecule has 0 aromatic heterocycles. The van der Waals surface area contributed by atoms with Crippen molar-refractivity contribution >= 4 is 12.4 Å². The van der Waals surface area contributed by atoms with E-state index in [0.29, 0.717) is 5.92 Å². The van der Waals surface area contributed by atoms with Crippen LogP contribution in [0.3, 0.4) is 0 Å². The molecular formula is C21H28ClNO2. The van der Waals surface area contributed by atoms with Crippen molar-refractivity contribution in [3.8, 4) is 11.5 Å². The molecule has 25 heavy (non-hydrogen) atoms. The predicted octanol–water partition coefficient (Wildman–Crippen LogP) is 5.09. The van der Waals surface area contributed by atoms with Crippen LogP contribution in [0.1, 0.15) is 44.2 Å². The Morgan fingerprint density at radius 2 is 1.80 bits per heavy atom. The lowest BCUT2D eigenvalue weighted by molar-refractivity contribution is 0.0706. The normalized spacial score (nSPS) is 19.4. The molecule has 1 heterocycles. The van der Waals surface area contributed by atoms with Crippen molar-refractivity contribution in [2.45, 2.75) is 44.9 Å². The standard InChI is InChI=1S/C21H27NO2.ClH/c1-15(22(4)5)23-17-11-12-18-19(16-9-7-6-8-10-16)14-21(2,3)24-20(18)13-17;/h6-13,15,19H,14H2,1-5H3;1H. The Morgan fingerprint density at radius 1 is 1.12 bits per heavy atom. The molecular weight excluding hydrogens is 334 g/mol. The summed E-state index contributed by atoms with van der Waals surface area (Å²) in [5, 5.41) is 0. The topological polar surface area (TPSA) is 21.7 Å². The number of benzene rings is 2. The molecule has 0 saturated carbocycles. The molecule has 2 atom stereocenters. The van der Waals surface area contributed by atoms with Gasteiger partial charge in [0.25, 0.3) is 0 Å². The first-order valence-corrected chi connectivity index (χ1v) is 8.57. The van der Waals surface area contributed by atoms with E-state index in [9.17, 15) is 0 Å². The Labute approximate surface area is 157 Å². The minimum atomic E-state index is -0.195. The molecule has 0 radical (unpaired) electrons. The largest absolute Gasteiger partial charge is 0.487 e. The van der Waals surface area contributed by atoms with Crippen LogP contribution in [0, 0.1) is 0 Å². The molecule has 0 N–H and O–H groups in total. The molecule has 0 aliphatic carbocycles. The molecule has 2 aromatic carbocycles. The van der Waals surface area contributed by atoms with Gasteiger partial charge in [-0.15, -0.1) is 12.4 Å². The second kappa shape index (κ2) is 7.67. The van der Waals surface area contributed by atoms with Crippen molar-refractivity contribution in [1.82, 2.24) is 4.90 Å².